The number of aromatic nitrogens is 2. The number of nitrogens with zero attached hydrogens (tertiary/aromatic N) is 2. The first-order chi connectivity index (χ1) is 12.2. The molecule has 0 spiro atoms. The van der Waals surface area contributed by atoms with Gasteiger partial charge in [0.1, 0.15) is 17.2 Å². The van der Waals surface area contributed by atoms with Crippen molar-refractivity contribution in [1.82, 2.24) is 15.6 Å². The van der Waals surface area contributed by atoms with Crippen LogP contribution in [0.15, 0.2) is 46.9 Å². The smallest absolute Gasteiger partial charge is 0.289 e. The van der Waals surface area contributed by atoms with Gasteiger partial charge in [0.25, 0.3) is 5.91 Å². The molecular weight excluding hydrogens is 340 g/mol. The van der Waals surface area contributed by atoms with E-state index in [1.54, 1.807) is 44.7 Å². The molecule has 1 amide bonds. The summed E-state index contributed by atoms with van der Waals surface area (Å²) >= 11 is 1.53. The summed E-state index contributed by atoms with van der Waals surface area (Å²) < 4.78 is 10.6. The number of aromatic amines is 1. The maximum Gasteiger partial charge on any atom is 0.289 e. The summed E-state index contributed by atoms with van der Waals surface area (Å²) in [6, 6.07) is 10.8. The number of ether oxygens (including phenoxy) is 2. The molecule has 0 atom stereocenters. The Labute approximate surface area is 148 Å². The molecular formula is C17H16N4O3S. The molecule has 0 saturated carbocycles. The van der Waals surface area contributed by atoms with Crippen LogP contribution >= 0.6 is 11.3 Å². The number of thiophene rings is 1. The molecule has 0 aliphatic heterocycles. The van der Waals surface area contributed by atoms with Gasteiger partial charge in [0.2, 0.25) is 0 Å². The standard InChI is InChI=1S/C17H16N4O3S/c1-23-11-5-6-16(24-2)13(8-11)14-9-15(20-19-14)17(22)21-18-10-12-4-3-7-25-12/h3-10H,1-2H3,(H,19,20)(H,21,22)/b18-10+. The molecule has 0 unspecified atom stereocenters. The highest BCUT2D eigenvalue weighted by Crippen LogP contribution is 2.32. The predicted octanol–water partition coefficient (Wildman–Crippen LogP) is 2.92. The Kier molecular flexibility index (Phi) is 5.10. The highest BCUT2D eigenvalue weighted by molar-refractivity contribution is 7.11. The van der Waals surface area contributed by atoms with E-state index in [1.165, 1.54) is 11.3 Å². The van der Waals surface area contributed by atoms with Gasteiger partial charge in [-0.25, -0.2) is 5.43 Å². The van der Waals surface area contributed by atoms with Crippen molar-refractivity contribution in [2.45, 2.75) is 0 Å². The maximum atomic E-state index is 12.1. The van der Waals surface area contributed by atoms with Crippen molar-refractivity contribution in [3.63, 3.8) is 0 Å². The molecule has 0 fully saturated rings. The molecule has 0 bridgehead atoms. The molecule has 3 aromatic rings. The zero-order valence-corrected chi connectivity index (χ0v) is 14.5. The van der Waals surface area contributed by atoms with E-state index >= 15 is 0 Å². The summed E-state index contributed by atoms with van der Waals surface area (Å²) in [7, 11) is 3.16. The van der Waals surface area contributed by atoms with Gasteiger partial charge < -0.3 is 9.47 Å². The lowest BCUT2D eigenvalue weighted by Gasteiger charge is -2.08. The fraction of sp³-hybridized carbons (Fsp3) is 0.118. The van der Waals surface area contributed by atoms with E-state index in [1.807, 2.05) is 17.5 Å². The number of rotatable bonds is 6. The third kappa shape index (κ3) is 3.86. The Hall–Kier alpha value is -3.13. The van der Waals surface area contributed by atoms with Crippen LogP contribution in [0, 0.1) is 0 Å². The summed E-state index contributed by atoms with van der Waals surface area (Å²) in [6.45, 7) is 0. The average Bonchev–Trinajstić information content (AvgIpc) is 3.33. The third-order valence-corrected chi connectivity index (χ3v) is 4.21. The first-order valence-electron chi connectivity index (χ1n) is 7.36. The number of hydrazone groups is 1. The summed E-state index contributed by atoms with van der Waals surface area (Å²) in [4.78, 5) is 13.1. The summed E-state index contributed by atoms with van der Waals surface area (Å²) in [5.41, 5.74) is 4.05. The summed E-state index contributed by atoms with van der Waals surface area (Å²) in [5, 5.41) is 12.7. The van der Waals surface area contributed by atoms with Gasteiger partial charge in [0.15, 0.2) is 0 Å². The van der Waals surface area contributed by atoms with E-state index in [0.29, 0.717) is 22.9 Å². The summed E-state index contributed by atoms with van der Waals surface area (Å²) in [5.74, 6) is 0.925. The van der Waals surface area contributed by atoms with Crippen LogP contribution < -0.4 is 14.9 Å². The molecule has 1 aromatic carbocycles. The molecule has 2 heterocycles. The van der Waals surface area contributed by atoms with Crippen molar-refractivity contribution < 1.29 is 14.3 Å². The Balaban J connectivity index is 1.77. The van der Waals surface area contributed by atoms with Crippen LogP contribution in [0.1, 0.15) is 15.4 Å². The average molecular weight is 356 g/mol. The molecule has 0 aliphatic rings. The quantitative estimate of drug-likeness (QED) is 0.525. The van der Waals surface area contributed by atoms with E-state index in [-0.39, 0.29) is 5.91 Å². The zero-order valence-electron chi connectivity index (χ0n) is 13.6. The Morgan fingerprint density at radius 1 is 1.28 bits per heavy atom. The van der Waals surface area contributed by atoms with Gasteiger partial charge in [-0.2, -0.15) is 10.2 Å². The second-order valence-electron chi connectivity index (χ2n) is 4.95. The van der Waals surface area contributed by atoms with Crippen LogP contribution in [0.25, 0.3) is 11.3 Å². The zero-order chi connectivity index (χ0) is 17.6. The molecule has 8 heteroatoms. The number of carbonyl (C=O) groups is 1. The Morgan fingerprint density at radius 2 is 2.16 bits per heavy atom. The van der Waals surface area contributed by atoms with Gasteiger partial charge in [-0.3, -0.25) is 9.89 Å². The lowest BCUT2D eigenvalue weighted by Crippen LogP contribution is -2.17. The first kappa shape index (κ1) is 16.7. The van der Waals surface area contributed by atoms with Crippen LogP contribution in [0.3, 0.4) is 0 Å². The monoisotopic (exact) mass is 356 g/mol. The van der Waals surface area contributed by atoms with Crippen LogP contribution in [0.4, 0.5) is 0 Å². The largest absolute Gasteiger partial charge is 0.497 e. The third-order valence-electron chi connectivity index (χ3n) is 3.41. The van der Waals surface area contributed by atoms with E-state index in [4.69, 9.17) is 9.47 Å². The van der Waals surface area contributed by atoms with Crippen molar-refractivity contribution in [2.75, 3.05) is 14.2 Å². The second-order valence-corrected chi connectivity index (χ2v) is 5.93. The molecule has 3 rings (SSSR count). The fourth-order valence-electron chi connectivity index (χ4n) is 2.17. The Bertz CT molecular complexity index is 887. The van der Waals surface area contributed by atoms with Crippen molar-refractivity contribution in [1.29, 1.82) is 0 Å². The topological polar surface area (TPSA) is 88.6 Å². The van der Waals surface area contributed by atoms with Crippen molar-refractivity contribution in [2.24, 2.45) is 5.10 Å². The Morgan fingerprint density at radius 3 is 2.88 bits per heavy atom. The molecule has 2 aromatic heterocycles. The van der Waals surface area contributed by atoms with Crippen LogP contribution in [0.5, 0.6) is 11.5 Å². The van der Waals surface area contributed by atoms with Gasteiger partial charge in [0.05, 0.1) is 26.1 Å². The molecule has 0 aliphatic carbocycles. The van der Waals surface area contributed by atoms with Crippen LogP contribution in [-0.4, -0.2) is 36.5 Å². The molecule has 0 saturated heterocycles. The minimum absolute atomic E-state index is 0.295. The number of hydrogen-bond donors (Lipinski definition) is 2. The first-order valence-corrected chi connectivity index (χ1v) is 8.24. The van der Waals surface area contributed by atoms with E-state index in [2.05, 4.69) is 20.7 Å². The molecule has 128 valence electrons. The van der Waals surface area contributed by atoms with Gasteiger partial charge in [0, 0.05) is 10.4 Å². The number of H-pyrrole nitrogens is 1. The molecule has 25 heavy (non-hydrogen) atoms. The van der Waals surface area contributed by atoms with Crippen LogP contribution in [-0.2, 0) is 0 Å². The van der Waals surface area contributed by atoms with Crippen molar-refractivity contribution >= 4 is 23.5 Å². The van der Waals surface area contributed by atoms with Gasteiger partial charge >= 0.3 is 0 Å². The number of amides is 1. The minimum atomic E-state index is -0.381. The van der Waals surface area contributed by atoms with Crippen molar-refractivity contribution in [3.8, 4) is 22.8 Å². The fourth-order valence-corrected chi connectivity index (χ4v) is 2.75. The van der Waals surface area contributed by atoms with Gasteiger partial charge in [-0.05, 0) is 35.7 Å². The molecule has 0 radical (unpaired) electrons. The SMILES string of the molecule is COc1ccc(OC)c(-c2cc(C(=O)N/N=C/c3cccs3)[nH]n2)c1. The predicted molar refractivity (Wildman–Crippen MR) is 96.5 cm³/mol. The van der Waals surface area contributed by atoms with Crippen molar-refractivity contribution in [3.05, 3.63) is 52.3 Å². The lowest BCUT2D eigenvalue weighted by atomic mass is 10.1. The van der Waals surface area contributed by atoms with E-state index in [9.17, 15) is 4.79 Å². The number of nitrogens with one attached hydrogen (secondary N) is 2. The molecule has 2 N–H and O–H groups in total. The van der Waals surface area contributed by atoms with E-state index < -0.39 is 0 Å². The number of carbonyl (C=O) groups excluding carboxylic acids is 1. The van der Waals surface area contributed by atoms with Crippen LogP contribution in [0.2, 0.25) is 0 Å². The number of methoxy groups -OCH3 is 2. The maximum absolute atomic E-state index is 12.1. The molecule has 7 nitrogen and oxygen atoms in total. The van der Waals surface area contributed by atoms with Gasteiger partial charge in [-0.1, -0.05) is 6.07 Å². The lowest BCUT2D eigenvalue weighted by molar-refractivity contribution is 0.0950. The minimum Gasteiger partial charge on any atom is -0.497 e. The van der Waals surface area contributed by atoms with Gasteiger partial charge in [-0.15, -0.1) is 11.3 Å². The highest BCUT2D eigenvalue weighted by atomic mass is 32.1. The second kappa shape index (κ2) is 7.63. The number of hydrogen-bond acceptors (Lipinski definition) is 6. The highest BCUT2D eigenvalue weighted by Gasteiger charge is 2.14. The number of benzene rings is 1. The normalized spacial score (nSPS) is 10.8. The summed E-state index contributed by atoms with van der Waals surface area (Å²) in [6.07, 6.45) is 1.59. The van der Waals surface area contributed by atoms with E-state index in [0.717, 1.165) is 10.4 Å².